The van der Waals surface area contributed by atoms with E-state index in [1.54, 1.807) is 0 Å². The van der Waals surface area contributed by atoms with Crippen molar-refractivity contribution < 1.29 is 0 Å². The third-order valence-electron chi connectivity index (χ3n) is 3.85. The van der Waals surface area contributed by atoms with Gasteiger partial charge in [0.1, 0.15) is 0 Å². The number of fused-ring (bicyclic) bond motifs is 2. The van der Waals surface area contributed by atoms with Crippen LogP contribution in [0.4, 0.5) is 11.4 Å². The molecule has 4 aromatic rings. The van der Waals surface area contributed by atoms with Gasteiger partial charge in [-0.15, -0.1) is 0 Å². The Bertz CT molecular complexity index is 865. The summed E-state index contributed by atoms with van der Waals surface area (Å²) < 4.78 is 0. The molecule has 2 nitrogen and oxygen atoms in total. The maximum absolute atomic E-state index is 3.27. The van der Waals surface area contributed by atoms with Crippen molar-refractivity contribution in [2.75, 3.05) is 10.9 Å². The second-order valence-corrected chi connectivity index (χ2v) is 5.37. The minimum Gasteiger partial charge on any atom is -0.301 e. The Kier molecular flexibility index (Phi) is 3.13. The molecule has 0 saturated heterocycles. The van der Waals surface area contributed by atoms with Gasteiger partial charge in [-0.1, -0.05) is 60.7 Å². The van der Waals surface area contributed by atoms with Crippen LogP contribution in [-0.4, -0.2) is 0 Å². The largest absolute Gasteiger partial charge is 0.301 e. The Hall–Kier alpha value is -3.00. The van der Waals surface area contributed by atoms with Crippen LogP contribution in [0.15, 0.2) is 84.9 Å². The molecule has 2 heteroatoms. The van der Waals surface area contributed by atoms with Gasteiger partial charge >= 0.3 is 0 Å². The predicted molar refractivity (Wildman–Crippen MR) is 95.1 cm³/mol. The highest BCUT2D eigenvalue weighted by Crippen LogP contribution is 2.21. The molecule has 0 saturated carbocycles. The minimum atomic E-state index is 1.05. The normalized spacial score (nSPS) is 10.7. The van der Waals surface area contributed by atoms with E-state index in [9.17, 15) is 0 Å². The van der Waals surface area contributed by atoms with E-state index in [1.165, 1.54) is 21.5 Å². The Morgan fingerprint density at radius 3 is 1.27 bits per heavy atom. The molecule has 0 aliphatic rings. The lowest BCUT2D eigenvalue weighted by Crippen LogP contribution is -2.08. The van der Waals surface area contributed by atoms with E-state index in [0.29, 0.717) is 0 Å². The van der Waals surface area contributed by atoms with Crippen LogP contribution < -0.4 is 10.9 Å². The van der Waals surface area contributed by atoms with Gasteiger partial charge in [-0.3, -0.25) is 0 Å². The summed E-state index contributed by atoms with van der Waals surface area (Å²) in [5.74, 6) is 0. The van der Waals surface area contributed by atoms with Crippen molar-refractivity contribution in [2.24, 2.45) is 0 Å². The topological polar surface area (TPSA) is 24.1 Å². The van der Waals surface area contributed by atoms with Crippen LogP contribution in [0, 0.1) is 0 Å². The fraction of sp³-hybridized carbons (Fsp3) is 0. The third-order valence-corrected chi connectivity index (χ3v) is 3.85. The molecule has 2 N–H and O–H groups in total. The Morgan fingerprint density at radius 1 is 0.409 bits per heavy atom. The van der Waals surface area contributed by atoms with Gasteiger partial charge in [0.2, 0.25) is 0 Å². The molecule has 0 atom stereocenters. The van der Waals surface area contributed by atoms with Gasteiger partial charge in [-0.25, -0.2) is 0 Å². The average molecular weight is 284 g/mol. The van der Waals surface area contributed by atoms with Gasteiger partial charge in [0.25, 0.3) is 0 Å². The maximum atomic E-state index is 3.27. The van der Waals surface area contributed by atoms with E-state index in [1.807, 2.05) is 0 Å². The number of benzene rings is 4. The molecule has 0 aliphatic carbocycles. The van der Waals surface area contributed by atoms with Gasteiger partial charge in [0.15, 0.2) is 0 Å². The van der Waals surface area contributed by atoms with Crippen molar-refractivity contribution in [1.29, 1.82) is 0 Å². The lowest BCUT2D eigenvalue weighted by atomic mass is 10.1. The van der Waals surface area contributed by atoms with Gasteiger partial charge in [-0.05, 0) is 45.8 Å². The molecule has 0 heterocycles. The molecule has 106 valence electrons. The first-order chi connectivity index (χ1) is 10.9. The minimum absolute atomic E-state index is 1.05. The number of nitrogens with one attached hydrogen (secondary N) is 2. The first-order valence-electron chi connectivity index (χ1n) is 7.38. The Balaban J connectivity index is 1.57. The van der Waals surface area contributed by atoms with E-state index in [4.69, 9.17) is 0 Å². The van der Waals surface area contributed by atoms with Gasteiger partial charge in [0.05, 0.1) is 11.4 Å². The monoisotopic (exact) mass is 284 g/mol. The lowest BCUT2D eigenvalue weighted by molar-refractivity contribution is 1.43. The second kappa shape index (κ2) is 5.41. The first kappa shape index (κ1) is 12.7. The van der Waals surface area contributed by atoms with E-state index < -0.39 is 0 Å². The summed E-state index contributed by atoms with van der Waals surface area (Å²) in [5, 5.41) is 4.96. The second-order valence-electron chi connectivity index (χ2n) is 5.37. The molecule has 22 heavy (non-hydrogen) atoms. The summed E-state index contributed by atoms with van der Waals surface area (Å²) in [6, 6.07) is 29.4. The number of anilines is 2. The predicted octanol–water partition coefficient (Wildman–Crippen LogP) is 5.43. The molecule has 0 radical (unpaired) electrons. The Labute approximate surface area is 129 Å². The number of hydrogen-bond donors (Lipinski definition) is 2. The summed E-state index contributed by atoms with van der Waals surface area (Å²) in [6.07, 6.45) is 0. The quantitative estimate of drug-likeness (QED) is 0.490. The van der Waals surface area contributed by atoms with Crippen molar-refractivity contribution in [1.82, 2.24) is 0 Å². The molecule has 0 amide bonds. The highest BCUT2D eigenvalue weighted by Gasteiger charge is 1.97. The number of rotatable bonds is 3. The van der Waals surface area contributed by atoms with Crippen LogP contribution in [0.3, 0.4) is 0 Å². The summed E-state index contributed by atoms with van der Waals surface area (Å²) in [4.78, 5) is 0. The standard InChI is InChI=1S/C20H16N2/c1-3-7-17-13-19(11-9-15(17)5-1)21-22-20-12-10-16-6-2-4-8-18(16)14-20/h1-14,21-22H. The molecular formula is C20H16N2. The van der Waals surface area contributed by atoms with E-state index in [0.717, 1.165) is 11.4 Å². The van der Waals surface area contributed by atoms with Crippen LogP contribution in [-0.2, 0) is 0 Å². The fourth-order valence-electron chi connectivity index (χ4n) is 2.68. The lowest BCUT2D eigenvalue weighted by Gasteiger charge is -2.11. The molecule has 4 rings (SSSR count). The van der Waals surface area contributed by atoms with Crippen molar-refractivity contribution in [3.05, 3.63) is 84.9 Å². The van der Waals surface area contributed by atoms with Crippen LogP contribution in [0.1, 0.15) is 0 Å². The molecule has 0 unspecified atom stereocenters. The third kappa shape index (κ3) is 2.47. The zero-order chi connectivity index (χ0) is 14.8. The van der Waals surface area contributed by atoms with Crippen LogP contribution in [0.2, 0.25) is 0 Å². The van der Waals surface area contributed by atoms with Crippen LogP contribution in [0.25, 0.3) is 21.5 Å². The van der Waals surface area contributed by atoms with Crippen molar-refractivity contribution >= 4 is 32.9 Å². The summed E-state index contributed by atoms with van der Waals surface area (Å²) in [6.45, 7) is 0. The van der Waals surface area contributed by atoms with Gasteiger partial charge < -0.3 is 10.9 Å². The summed E-state index contributed by atoms with van der Waals surface area (Å²) in [5.41, 5.74) is 8.63. The molecule has 4 aromatic carbocycles. The zero-order valence-corrected chi connectivity index (χ0v) is 12.1. The Morgan fingerprint density at radius 2 is 0.818 bits per heavy atom. The van der Waals surface area contributed by atoms with Gasteiger partial charge in [0, 0.05) is 0 Å². The maximum Gasteiger partial charge on any atom is 0.0546 e. The summed E-state index contributed by atoms with van der Waals surface area (Å²) in [7, 11) is 0. The van der Waals surface area contributed by atoms with Gasteiger partial charge in [-0.2, -0.15) is 0 Å². The first-order valence-corrected chi connectivity index (χ1v) is 7.38. The smallest absolute Gasteiger partial charge is 0.0546 e. The van der Waals surface area contributed by atoms with Crippen molar-refractivity contribution in [3.8, 4) is 0 Å². The van der Waals surface area contributed by atoms with E-state index in [-0.39, 0.29) is 0 Å². The molecule has 0 aliphatic heterocycles. The molecule has 0 fully saturated rings. The SMILES string of the molecule is c1ccc2cc(NNc3ccc4ccccc4c3)ccc2c1. The number of hydrazine groups is 1. The van der Waals surface area contributed by atoms with E-state index >= 15 is 0 Å². The van der Waals surface area contributed by atoms with Crippen LogP contribution in [0.5, 0.6) is 0 Å². The number of hydrogen-bond acceptors (Lipinski definition) is 2. The summed E-state index contributed by atoms with van der Waals surface area (Å²) >= 11 is 0. The van der Waals surface area contributed by atoms with Crippen LogP contribution >= 0.6 is 0 Å². The zero-order valence-electron chi connectivity index (χ0n) is 12.1. The fourth-order valence-corrected chi connectivity index (χ4v) is 2.68. The molecular weight excluding hydrogens is 268 g/mol. The highest BCUT2D eigenvalue weighted by atomic mass is 15.4. The molecule has 0 spiro atoms. The van der Waals surface area contributed by atoms with E-state index in [2.05, 4.69) is 95.8 Å². The molecule has 0 bridgehead atoms. The average Bonchev–Trinajstić information content (AvgIpc) is 2.59. The highest BCUT2D eigenvalue weighted by molar-refractivity contribution is 5.87. The van der Waals surface area contributed by atoms with Crippen molar-refractivity contribution in [3.63, 3.8) is 0 Å². The molecule has 0 aromatic heterocycles. The van der Waals surface area contributed by atoms with Crippen molar-refractivity contribution in [2.45, 2.75) is 0 Å².